The van der Waals surface area contributed by atoms with Crippen LogP contribution >= 0.6 is 15.9 Å². The van der Waals surface area contributed by atoms with Gasteiger partial charge in [-0.25, -0.2) is 4.98 Å². The van der Waals surface area contributed by atoms with Crippen LogP contribution < -0.4 is 4.43 Å². The maximum atomic E-state index is 7.07. The van der Waals surface area contributed by atoms with Crippen molar-refractivity contribution in [2.45, 2.75) is 58.2 Å². The second kappa shape index (κ2) is 10.5. The Morgan fingerprint density at radius 3 is 1.80 bits per heavy atom. The van der Waals surface area contributed by atoms with Crippen LogP contribution in [0.4, 0.5) is 0 Å². The molecule has 4 nitrogen and oxygen atoms in total. The molecule has 0 aliphatic heterocycles. The van der Waals surface area contributed by atoms with Gasteiger partial charge >= 0.3 is 0 Å². The van der Waals surface area contributed by atoms with E-state index in [1.54, 1.807) is 6.20 Å². The van der Waals surface area contributed by atoms with E-state index in [1.165, 1.54) is 11.1 Å². The summed E-state index contributed by atoms with van der Waals surface area (Å²) in [6.07, 6.45) is 1.80. The van der Waals surface area contributed by atoms with Crippen molar-refractivity contribution in [1.82, 2.24) is 14.8 Å². The molecule has 2 heterocycles. The first-order valence-corrected chi connectivity index (χ1v) is 15.2. The quantitative estimate of drug-likeness (QED) is 0.206. The number of hydrogen-bond acceptors (Lipinski definition) is 3. The summed E-state index contributed by atoms with van der Waals surface area (Å²) in [5, 5.41) is 4.97. The number of nitrogens with zero attached hydrogens (tertiary/aromatic N) is 3. The van der Waals surface area contributed by atoms with E-state index in [1.807, 2.05) is 22.9 Å². The van der Waals surface area contributed by atoms with Crippen LogP contribution in [0.15, 0.2) is 83.5 Å². The van der Waals surface area contributed by atoms with E-state index in [4.69, 9.17) is 9.52 Å². The minimum Gasteiger partial charge on any atom is -0.530 e. The summed E-state index contributed by atoms with van der Waals surface area (Å²) >= 11 is 3.51. The average Bonchev–Trinajstić information content (AvgIpc) is 3.27. The highest BCUT2D eigenvalue weighted by molar-refractivity contribution is 9.10. The third kappa shape index (κ3) is 5.14. The van der Waals surface area contributed by atoms with E-state index >= 15 is 0 Å². The van der Waals surface area contributed by atoms with Crippen molar-refractivity contribution in [3.8, 4) is 34.1 Å². The lowest BCUT2D eigenvalue weighted by atomic mass is 10.0. The molecule has 2 aromatic carbocycles. The topological polar surface area (TPSA) is 39.9 Å². The molecular formula is C29H34BrN3OSi. The van der Waals surface area contributed by atoms with E-state index in [2.05, 4.69) is 117 Å². The Labute approximate surface area is 218 Å². The molecule has 0 amide bonds. The fourth-order valence-electron chi connectivity index (χ4n) is 5.23. The van der Waals surface area contributed by atoms with Crippen molar-refractivity contribution in [3.63, 3.8) is 0 Å². The van der Waals surface area contributed by atoms with Crippen LogP contribution in [0.5, 0.6) is 5.88 Å². The minimum absolute atomic E-state index is 0.461. The van der Waals surface area contributed by atoms with Crippen LogP contribution in [-0.4, -0.2) is 23.1 Å². The lowest BCUT2D eigenvalue weighted by Gasteiger charge is -2.41. The van der Waals surface area contributed by atoms with E-state index in [9.17, 15) is 0 Å². The number of benzene rings is 2. The summed E-state index contributed by atoms with van der Waals surface area (Å²) in [6, 6.07) is 24.9. The number of hydrogen-bond donors (Lipinski definition) is 0. The van der Waals surface area contributed by atoms with Crippen LogP contribution in [0.25, 0.3) is 28.2 Å². The van der Waals surface area contributed by atoms with Crippen LogP contribution in [-0.2, 0) is 0 Å². The smallest absolute Gasteiger partial charge is 0.260 e. The fourth-order valence-corrected chi connectivity index (χ4v) is 10.7. The average molecular weight is 549 g/mol. The van der Waals surface area contributed by atoms with Crippen LogP contribution in [0, 0.1) is 0 Å². The van der Waals surface area contributed by atoms with E-state index in [0.717, 1.165) is 27.4 Å². The zero-order valence-corrected chi connectivity index (χ0v) is 24.0. The first-order chi connectivity index (χ1) is 16.7. The highest BCUT2D eigenvalue weighted by Gasteiger charge is 2.47. The van der Waals surface area contributed by atoms with Gasteiger partial charge in [-0.2, -0.15) is 9.78 Å². The van der Waals surface area contributed by atoms with Crippen LogP contribution in [0.3, 0.4) is 0 Å². The molecule has 0 fully saturated rings. The summed E-state index contributed by atoms with van der Waals surface area (Å²) in [4.78, 5) is 4.57. The van der Waals surface area contributed by atoms with E-state index in [0.29, 0.717) is 16.6 Å². The monoisotopic (exact) mass is 547 g/mol. The molecular weight excluding hydrogens is 514 g/mol. The SMILES string of the molecule is CC(C)[Si](Oc1cc(-c2ccc(-c3ccc(Br)cc3)cc2)nn1-c1ccccn1)(C(C)C)C(C)C. The molecule has 35 heavy (non-hydrogen) atoms. The largest absolute Gasteiger partial charge is 0.530 e. The maximum Gasteiger partial charge on any atom is 0.260 e. The summed E-state index contributed by atoms with van der Waals surface area (Å²) in [7, 11) is -2.17. The molecule has 2 aromatic heterocycles. The van der Waals surface area contributed by atoms with Crippen molar-refractivity contribution in [1.29, 1.82) is 0 Å². The normalized spacial score (nSPS) is 12.1. The standard InChI is InChI=1S/C29H34BrN3OSi/c1-20(2)35(21(3)4,22(5)6)34-29-19-27(32-33(29)28-9-7-8-18-31-28)25-12-10-23(11-13-25)24-14-16-26(30)17-15-24/h7-22H,1-6H3. The van der Waals surface area contributed by atoms with Gasteiger partial charge in [0.25, 0.3) is 8.32 Å². The first kappa shape index (κ1) is 25.4. The molecule has 0 unspecified atom stereocenters. The van der Waals surface area contributed by atoms with Gasteiger partial charge < -0.3 is 4.43 Å². The molecule has 0 saturated carbocycles. The van der Waals surface area contributed by atoms with Gasteiger partial charge in [-0.3, -0.25) is 0 Å². The Hall–Kier alpha value is -2.70. The number of pyridine rings is 1. The Balaban J connectivity index is 1.76. The van der Waals surface area contributed by atoms with Gasteiger partial charge in [0.15, 0.2) is 5.82 Å². The lowest BCUT2D eigenvalue weighted by Crippen LogP contribution is -2.51. The summed E-state index contributed by atoms with van der Waals surface area (Å²) in [5.41, 5.74) is 5.68. The molecule has 0 aliphatic rings. The van der Waals surface area contributed by atoms with Gasteiger partial charge in [0.05, 0.1) is 5.69 Å². The van der Waals surface area contributed by atoms with Crippen molar-refractivity contribution in [3.05, 3.63) is 83.5 Å². The molecule has 4 rings (SSSR count). The molecule has 6 heteroatoms. The number of aromatic nitrogens is 3. The second-order valence-electron chi connectivity index (χ2n) is 9.97. The highest BCUT2D eigenvalue weighted by atomic mass is 79.9. The Morgan fingerprint density at radius 2 is 1.29 bits per heavy atom. The molecule has 4 aromatic rings. The zero-order valence-electron chi connectivity index (χ0n) is 21.4. The molecule has 0 spiro atoms. The third-order valence-electron chi connectivity index (χ3n) is 6.89. The number of halogens is 1. The van der Waals surface area contributed by atoms with Gasteiger partial charge in [-0.1, -0.05) is 99.9 Å². The predicted molar refractivity (Wildman–Crippen MR) is 152 cm³/mol. The fraction of sp³-hybridized carbons (Fsp3) is 0.310. The number of rotatable bonds is 8. The summed E-state index contributed by atoms with van der Waals surface area (Å²) in [5.74, 6) is 1.54. The van der Waals surface area contributed by atoms with E-state index < -0.39 is 8.32 Å². The maximum absolute atomic E-state index is 7.07. The highest BCUT2D eigenvalue weighted by Crippen LogP contribution is 2.43. The van der Waals surface area contributed by atoms with Gasteiger partial charge in [-0.05, 0) is 52.0 Å². The molecule has 0 radical (unpaired) electrons. The van der Waals surface area contributed by atoms with Gasteiger partial charge in [-0.15, -0.1) is 0 Å². The summed E-state index contributed by atoms with van der Waals surface area (Å²) < 4.78 is 10.0. The first-order valence-electron chi connectivity index (χ1n) is 12.3. The molecule has 182 valence electrons. The van der Waals surface area contributed by atoms with Crippen molar-refractivity contribution in [2.75, 3.05) is 0 Å². The predicted octanol–water partition coefficient (Wildman–Crippen LogP) is 8.92. The molecule has 0 aliphatic carbocycles. The van der Waals surface area contributed by atoms with Crippen molar-refractivity contribution < 1.29 is 4.43 Å². The minimum atomic E-state index is -2.17. The molecule has 0 saturated heterocycles. The molecule has 0 N–H and O–H groups in total. The Morgan fingerprint density at radius 1 is 0.743 bits per heavy atom. The Kier molecular flexibility index (Phi) is 7.62. The molecule has 0 bridgehead atoms. The van der Waals surface area contributed by atoms with Crippen molar-refractivity contribution >= 4 is 24.2 Å². The van der Waals surface area contributed by atoms with Gasteiger partial charge in [0.2, 0.25) is 5.88 Å². The third-order valence-corrected chi connectivity index (χ3v) is 13.4. The van der Waals surface area contributed by atoms with Crippen LogP contribution in [0.1, 0.15) is 41.5 Å². The molecule has 0 atom stereocenters. The second-order valence-corrected chi connectivity index (χ2v) is 16.3. The zero-order chi connectivity index (χ0) is 25.2. The van der Waals surface area contributed by atoms with Gasteiger partial charge in [0, 0.05) is 22.3 Å². The van der Waals surface area contributed by atoms with Crippen molar-refractivity contribution in [2.24, 2.45) is 0 Å². The summed E-state index contributed by atoms with van der Waals surface area (Å²) in [6.45, 7) is 13.8. The van der Waals surface area contributed by atoms with Crippen LogP contribution in [0.2, 0.25) is 16.6 Å². The lowest BCUT2D eigenvalue weighted by molar-refractivity contribution is 0.447. The Bertz CT molecular complexity index is 1230. The van der Waals surface area contributed by atoms with E-state index in [-0.39, 0.29) is 0 Å². The van der Waals surface area contributed by atoms with Gasteiger partial charge in [0.1, 0.15) is 0 Å².